The Balaban J connectivity index is 1.43. The number of benzene rings is 1. The Bertz CT molecular complexity index is 875. The van der Waals surface area contributed by atoms with Gasteiger partial charge in [0, 0.05) is 0 Å². The molecule has 1 aliphatic heterocycles. The van der Waals surface area contributed by atoms with Crippen LogP contribution in [0, 0.1) is 39.1 Å². The highest BCUT2D eigenvalue weighted by Gasteiger charge is 2.67. The fourth-order valence-electron chi connectivity index (χ4n) is 5.19. The van der Waals surface area contributed by atoms with Crippen LogP contribution in [0.4, 0.5) is 0 Å². The number of allylic oxidation sites excluding steroid dienone is 2. The van der Waals surface area contributed by atoms with Gasteiger partial charge < -0.3 is 9.47 Å². The van der Waals surface area contributed by atoms with Crippen LogP contribution in [-0.4, -0.2) is 37.3 Å². The van der Waals surface area contributed by atoms with Crippen molar-refractivity contribution in [3.8, 4) is 11.5 Å². The van der Waals surface area contributed by atoms with E-state index in [4.69, 9.17) is 9.47 Å². The Morgan fingerprint density at radius 2 is 1.70 bits per heavy atom. The predicted octanol–water partition coefficient (Wildman–Crippen LogP) is 2.70. The molecular formula is C20H19IN2O4. The van der Waals surface area contributed by atoms with Crippen molar-refractivity contribution in [2.45, 2.75) is 6.42 Å². The lowest BCUT2D eigenvalue weighted by Crippen LogP contribution is -2.40. The van der Waals surface area contributed by atoms with Crippen LogP contribution in [0.1, 0.15) is 12.0 Å². The number of nitrogens with zero attached hydrogens (tertiary/aromatic N) is 2. The second-order valence-electron chi connectivity index (χ2n) is 7.63. The minimum atomic E-state index is -0.223. The third kappa shape index (κ3) is 2.40. The van der Waals surface area contributed by atoms with Gasteiger partial charge in [-0.05, 0) is 70.4 Å². The first-order valence-corrected chi connectivity index (χ1v) is 10.1. The van der Waals surface area contributed by atoms with Crippen molar-refractivity contribution in [2.75, 3.05) is 14.2 Å². The lowest BCUT2D eigenvalue weighted by molar-refractivity contribution is -0.140. The summed E-state index contributed by atoms with van der Waals surface area (Å²) in [5.74, 6) is 2.09. The molecular weight excluding hydrogens is 459 g/mol. The summed E-state index contributed by atoms with van der Waals surface area (Å²) in [4.78, 5) is 25.9. The molecule has 0 spiro atoms. The maximum atomic E-state index is 12.9. The molecule has 6 nitrogen and oxygen atoms in total. The molecule has 6 atom stereocenters. The predicted molar refractivity (Wildman–Crippen MR) is 106 cm³/mol. The van der Waals surface area contributed by atoms with E-state index in [1.54, 1.807) is 26.5 Å². The topological polar surface area (TPSA) is 68.2 Å². The van der Waals surface area contributed by atoms with E-state index >= 15 is 0 Å². The van der Waals surface area contributed by atoms with Gasteiger partial charge in [0.25, 0.3) is 11.8 Å². The van der Waals surface area contributed by atoms with E-state index in [-0.39, 0.29) is 35.5 Å². The molecule has 27 heavy (non-hydrogen) atoms. The first kappa shape index (κ1) is 17.2. The smallest absolute Gasteiger partial charge is 0.254 e. The van der Waals surface area contributed by atoms with Crippen LogP contribution in [0.3, 0.4) is 0 Å². The van der Waals surface area contributed by atoms with Crippen LogP contribution in [0.25, 0.3) is 0 Å². The average molecular weight is 478 g/mol. The zero-order chi connectivity index (χ0) is 18.9. The molecule has 2 saturated carbocycles. The Labute approximate surface area is 170 Å². The van der Waals surface area contributed by atoms with E-state index < -0.39 is 0 Å². The van der Waals surface area contributed by atoms with E-state index in [1.807, 2.05) is 6.07 Å². The number of amides is 2. The fraction of sp³-hybridized carbons (Fsp3) is 0.450. The van der Waals surface area contributed by atoms with Gasteiger partial charge in [-0.3, -0.25) is 9.59 Å². The van der Waals surface area contributed by atoms with Gasteiger partial charge in [-0.1, -0.05) is 12.2 Å². The number of carbonyl (C=O) groups excluding carboxylic acids is 2. The number of rotatable bonds is 4. The van der Waals surface area contributed by atoms with Crippen molar-refractivity contribution >= 4 is 40.6 Å². The van der Waals surface area contributed by atoms with E-state index in [1.165, 1.54) is 0 Å². The molecule has 2 bridgehead atoms. The maximum absolute atomic E-state index is 12.9. The number of hydrazone groups is 1. The van der Waals surface area contributed by atoms with Gasteiger partial charge in [0.2, 0.25) is 0 Å². The van der Waals surface area contributed by atoms with Crippen molar-refractivity contribution in [1.29, 1.82) is 0 Å². The Hall–Kier alpha value is -1.90. The number of carbonyl (C=O) groups is 2. The Morgan fingerprint density at radius 1 is 1.07 bits per heavy atom. The largest absolute Gasteiger partial charge is 0.493 e. The van der Waals surface area contributed by atoms with E-state index in [0.717, 1.165) is 20.6 Å². The molecule has 1 heterocycles. The number of halogens is 1. The van der Waals surface area contributed by atoms with Gasteiger partial charge in [-0.2, -0.15) is 10.1 Å². The molecule has 1 aromatic rings. The Morgan fingerprint density at radius 3 is 2.26 bits per heavy atom. The molecule has 0 aromatic heterocycles. The summed E-state index contributed by atoms with van der Waals surface area (Å²) in [7, 11) is 3.16. The van der Waals surface area contributed by atoms with Crippen molar-refractivity contribution in [2.24, 2.45) is 40.6 Å². The van der Waals surface area contributed by atoms with Crippen molar-refractivity contribution < 1.29 is 19.1 Å². The number of methoxy groups -OCH3 is 2. The third-order valence-corrected chi connectivity index (χ3v) is 7.22. The van der Waals surface area contributed by atoms with Crippen LogP contribution in [0.2, 0.25) is 0 Å². The molecule has 0 unspecified atom stereocenters. The summed E-state index contributed by atoms with van der Waals surface area (Å²) >= 11 is 2.16. The molecule has 4 aliphatic carbocycles. The van der Waals surface area contributed by atoms with E-state index in [2.05, 4.69) is 39.8 Å². The number of hydrogen-bond donors (Lipinski definition) is 0. The molecule has 2 amide bonds. The normalized spacial score (nSPS) is 35.6. The van der Waals surface area contributed by atoms with E-state index in [9.17, 15) is 9.59 Å². The van der Waals surface area contributed by atoms with Crippen LogP contribution in [0.5, 0.6) is 11.5 Å². The lowest BCUT2D eigenvalue weighted by atomic mass is 9.63. The molecule has 140 valence electrons. The highest BCUT2D eigenvalue weighted by molar-refractivity contribution is 14.1. The van der Waals surface area contributed by atoms with Gasteiger partial charge in [-0.15, -0.1) is 0 Å². The molecule has 5 aliphatic rings. The van der Waals surface area contributed by atoms with Crippen LogP contribution in [-0.2, 0) is 9.59 Å². The van der Waals surface area contributed by atoms with Crippen LogP contribution in [0.15, 0.2) is 29.4 Å². The van der Waals surface area contributed by atoms with E-state index in [0.29, 0.717) is 23.3 Å². The molecule has 0 N–H and O–H groups in total. The third-order valence-electron chi connectivity index (χ3n) is 6.42. The van der Waals surface area contributed by atoms with Crippen LogP contribution >= 0.6 is 22.6 Å². The summed E-state index contributed by atoms with van der Waals surface area (Å²) in [5.41, 5.74) is 0.747. The number of hydrogen-bond acceptors (Lipinski definition) is 5. The number of ether oxygens (including phenoxy) is 2. The molecule has 0 radical (unpaired) electrons. The first-order chi connectivity index (χ1) is 13.0. The number of imide groups is 1. The summed E-state index contributed by atoms with van der Waals surface area (Å²) < 4.78 is 11.6. The molecule has 1 saturated heterocycles. The minimum Gasteiger partial charge on any atom is -0.493 e. The molecule has 6 rings (SSSR count). The molecule has 3 fully saturated rings. The second kappa shape index (κ2) is 6.05. The fourth-order valence-corrected chi connectivity index (χ4v) is 6.04. The standard InChI is InChI=1S/C20H19IN2O4/c1-26-15-6-9(5-14(21)18(15)27-2)8-22-23-19(24)16-10-3-4-11(13-7-12(10)13)17(16)20(23)25/h3-6,8,10-13,16-17H,7H2,1-2H3/b22-8-/t10-,11-,12-,13-,16+,17+/m0/s1. The SMILES string of the molecule is COc1cc(/C=N\N2C(=O)[C@@H]3[C@H]4C=C[C@@H]([C@@H]5C[C@@H]45)[C@H]3C2=O)cc(I)c1OC. The Kier molecular flexibility index (Phi) is 3.86. The average Bonchev–Trinajstić information content (AvgIpc) is 3.45. The highest BCUT2D eigenvalue weighted by atomic mass is 127. The monoisotopic (exact) mass is 478 g/mol. The summed E-state index contributed by atoms with van der Waals surface area (Å²) in [6, 6.07) is 3.66. The zero-order valence-electron chi connectivity index (χ0n) is 15.0. The van der Waals surface area contributed by atoms with Gasteiger partial charge >= 0.3 is 0 Å². The summed E-state index contributed by atoms with van der Waals surface area (Å²) in [6.07, 6.45) is 7.03. The second-order valence-corrected chi connectivity index (χ2v) is 8.79. The minimum absolute atomic E-state index is 0.152. The quantitative estimate of drug-likeness (QED) is 0.289. The molecule has 7 heteroatoms. The van der Waals surface area contributed by atoms with Gasteiger partial charge in [0.05, 0.1) is 35.8 Å². The van der Waals surface area contributed by atoms with Crippen molar-refractivity contribution in [1.82, 2.24) is 5.01 Å². The maximum Gasteiger partial charge on any atom is 0.254 e. The lowest BCUT2D eigenvalue weighted by Gasteiger charge is -2.37. The van der Waals surface area contributed by atoms with Crippen LogP contribution < -0.4 is 9.47 Å². The van der Waals surface area contributed by atoms with Crippen molar-refractivity contribution in [3.63, 3.8) is 0 Å². The van der Waals surface area contributed by atoms with Crippen molar-refractivity contribution in [3.05, 3.63) is 33.4 Å². The molecule has 1 aromatic carbocycles. The van der Waals surface area contributed by atoms with Gasteiger partial charge in [-0.25, -0.2) is 0 Å². The highest BCUT2D eigenvalue weighted by Crippen LogP contribution is 2.65. The first-order valence-electron chi connectivity index (χ1n) is 9.06. The van der Waals surface area contributed by atoms with Gasteiger partial charge in [0.1, 0.15) is 0 Å². The zero-order valence-corrected chi connectivity index (χ0v) is 17.1. The summed E-state index contributed by atoms with van der Waals surface area (Å²) in [5, 5.41) is 5.36. The van der Waals surface area contributed by atoms with Gasteiger partial charge in [0.15, 0.2) is 11.5 Å². The summed E-state index contributed by atoms with van der Waals surface area (Å²) in [6.45, 7) is 0.